The van der Waals surface area contributed by atoms with Crippen molar-refractivity contribution in [1.29, 1.82) is 10.8 Å². The molecule has 1 aliphatic rings. The highest BCUT2D eigenvalue weighted by molar-refractivity contribution is 6.00. The van der Waals surface area contributed by atoms with Crippen LogP contribution in [0, 0.1) is 10.8 Å². The minimum Gasteiger partial charge on any atom is -0.370 e. The molecule has 34 heavy (non-hydrogen) atoms. The topological polar surface area (TPSA) is 195 Å². The van der Waals surface area contributed by atoms with E-state index in [1.165, 1.54) is 4.90 Å². The highest BCUT2D eigenvalue weighted by Gasteiger charge is 2.39. The van der Waals surface area contributed by atoms with Gasteiger partial charge in [0.2, 0.25) is 5.91 Å². The second-order valence-electron chi connectivity index (χ2n) is 7.81. The summed E-state index contributed by atoms with van der Waals surface area (Å²) in [4.78, 5) is 39.8. The van der Waals surface area contributed by atoms with Crippen molar-refractivity contribution in [2.24, 2.45) is 17.2 Å². The molecule has 0 spiro atoms. The average Bonchev–Trinajstić information content (AvgIpc) is 3.25. The Labute approximate surface area is 211 Å². The standard InChI is InChI=1S/C21H32N8O3.2ClH/c22-15(13-30)8-4-11-29(21(25)26)19(32)17-9-5-10-28(17)18(31)16(27-20(23)24)12-14-6-2-1-3-7-14;;/h1-3,6-7,13,15-17H,4-5,8-12,22H2,(H3,25,26)(H4,23,24,27);2*1H/t15-,16+,17-;;/m0../s1. The molecule has 0 radical (unpaired) electrons. The first-order valence-corrected chi connectivity index (χ1v) is 10.6. The zero-order chi connectivity index (χ0) is 23.7. The molecular weight excluding hydrogens is 483 g/mol. The van der Waals surface area contributed by atoms with Crippen molar-refractivity contribution < 1.29 is 14.4 Å². The summed E-state index contributed by atoms with van der Waals surface area (Å²) in [6.45, 7) is 0.509. The number of likely N-dealkylation sites (tertiary alicyclic amines) is 1. The van der Waals surface area contributed by atoms with E-state index >= 15 is 0 Å². The predicted molar refractivity (Wildman–Crippen MR) is 135 cm³/mol. The molecule has 3 atom stereocenters. The first kappa shape index (κ1) is 31.1. The van der Waals surface area contributed by atoms with Gasteiger partial charge in [-0.1, -0.05) is 30.3 Å². The molecule has 1 aliphatic heterocycles. The fraction of sp³-hybridized carbons (Fsp3) is 0.476. The molecule has 0 aromatic heterocycles. The summed E-state index contributed by atoms with van der Waals surface area (Å²) in [5, 5.41) is 18.1. The van der Waals surface area contributed by atoms with Crippen molar-refractivity contribution in [2.75, 3.05) is 13.1 Å². The molecule has 13 heteroatoms. The number of carbonyl (C=O) groups is 3. The number of nitrogens with one attached hydrogen (secondary N) is 3. The lowest BCUT2D eigenvalue weighted by Gasteiger charge is -2.32. The van der Waals surface area contributed by atoms with Crippen molar-refractivity contribution >= 4 is 54.8 Å². The number of aldehydes is 1. The van der Waals surface area contributed by atoms with E-state index < -0.39 is 30.0 Å². The van der Waals surface area contributed by atoms with Crippen molar-refractivity contribution in [3.8, 4) is 0 Å². The highest BCUT2D eigenvalue weighted by atomic mass is 35.5. The number of nitrogens with zero attached hydrogens (tertiary/aromatic N) is 2. The molecule has 1 saturated heterocycles. The van der Waals surface area contributed by atoms with Gasteiger partial charge in [0.25, 0.3) is 5.91 Å². The van der Waals surface area contributed by atoms with Crippen molar-refractivity contribution in [3.05, 3.63) is 35.9 Å². The minimum absolute atomic E-state index is 0. The van der Waals surface area contributed by atoms with Gasteiger partial charge in [-0.25, -0.2) is 0 Å². The second-order valence-corrected chi connectivity index (χ2v) is 7.81. The molecule has 1 aromatic carbocycles. The largest absolute Gasteiger partial charge is 0.370 e. The number of amides is 2. The average molecular weight is 517 g/mol. The molecular formula is C21H34Cl2N8O3. The fourth-order valence-corrected chi connectivity index (χ4v) is 3.81. The summed E-state index contributed by atoms with van der Waals surface area (Å²) in [6.07, 6.45) is 2.76. The monoisotopic (exact) mass is 516 g/mol. The van der Waals surface area contributed by atoms with Crippen LogP contribution in [0.3, 0.4) is 0 Å². The molecule has 9 N–H and O–H groups in total. The number of rotatable bonds is 10. The number of halogens is 2. The summed E-state index contributed by atoms with van der Waals surface area (Å²) >= 11 is 0. The maximum atomic E-state index is 13.3. The van der Waals surface area contributed by atoms with Gasteiger partial charge in [-0.3, -0.25) is 25.3 Å². The first-order chi connectivity index (χ1) is 15.2. The molecule has 1 aromatic rings. The molecule has 0 saturated carbocycles. The van der Waals surface area contributed by atoms with Crippen molar-refractivity contribution in [3.63, 3.8) is 0 Å². The van der Waals surface area contributed by atoms with Crippen LogP contribution in [0.25, 0.3) is 0 Å². The van der Waals surface area contributed by atoms with Crippen LogP contribution >= 0.6 is 24.8 Å². The minimum atomic E-state index is -0.806. The van der Waals surface area contributed by atoms with Gasteiger partial charge in [0.1, 0.15) is 18.4 Å². The number of guanidine groups is 2. The Morgan fingerprint density at radius 1 is 1.21 bits per heavy atom. The molecule has 1 fully saturated rings. The first-order valence-electron chi connectivity index (χ1n) is 10.6. The smallest absolute Gasteiger partial charge is 0.252 e. The Morgan fingerprint density at radius 2 is 1.85 bits per heavy atom. The lowest BCUT2D eigenvalue weighted by molar-refractivity contribution is -0.142. The van der Waals surface area contributed by atoms with Crippen LogP contribution in [0.4, 0.5) is 0 Å². The number of benzene rings is 1. The molecule has 1 heterocycles. The zero-order valence-electron chi connectivity index (χ0n) is 18.8. The van der Waals surface area contributed by atoms with Gasteiger partial charge >= 0.3 is 0 Å². The van der Waals surface area contributed by atoms with Gasteiger partial charge in [0.15, 0.2) is 11.9 Å². The van der Waals surface area contributed by atoms with E-state index in [0.29, 0.717) is 44.9 Å². The van der Waals surface area contributed by atoms with Crippen LogP contribution < -0.4 is 22.5 Å². The van der Waals surface area contributed by atoms with E-state index in [-0.39, 0.29) is 43.2 Å². The van der Waals surface area contributed by atoms with E-state index in [1.807, 2.05) is 30.3 Å². The van der Waals surface area contributed by atoms with Gasteiger partial charge in [0.05, 0.1) is 6.04 Å². The lowest BCUT2D eigenvalue weighted by Crippen LogP contribution is -2.57. The number of nitrogens with two attached hydrogens (primary N) is 3. The quantitative estimate of drug-likeness (QED) is 0.142. The SMILES string of the molecule is Cl.Cl.N=C(N)N[C@H](Cc1ccccc1)C(=O)N1CCC[C@H]1C(=O)N(CCC[C@H](N)C=O)C(=N)N. The molecule has 2 rings (SSSR count). The van der Waals surface area contributed by atoms with E-state index in [2.05, 4.69) is 5.32 Å². The van der Waals surface area contributed by atoms with Crippen molar-refractivity contribution in [2.45, 2.75) is 50.2 Å². The van der Waals surface area contributed by atoms with Gasteiger partial charge in [-0.15, -0.1) is 24.8 Å². The van der Waals surface area contributed by atoms with Crippen LogP contribution in [-0.4, -0.2) is 71.0 Å². The van der Waals surface area contributed by atoms with Crippen LogP contribution in [0.2, 0.25) is 0 Å². The molecule has 0 unspecified atom stereocenters. The molecule has 0 aliphatic carbocycles. The lowest BCUT2D eigenvalue weighted by atomic mass is 10.0. The van der Waals surface area contributed by atoms with E-state index in [1.54, 1.807) is 0 Å². The summed E-state index contributed by atoms with van der Waals surface area (Å²) in [5.74, 6) is -1.54. The Kier molecular flexibility index (Phi) is 13.8. The zero-order valence-corrected chi connectivity index (χ0v) is 20.4. The summed E-state index contributed by atoms with van der Waals surface area (Å²) in [6, 6.07) is 7.11. The summed E-state index contributed by atoms with van der Waals surface area (Å²) in [5.41, 5.74) is 17.6. The molecule has 190 valence electrons. The normalized spacial score (nSPS) is 16.3. The van der Waals surface area contributed by atoms with Crippen LogP contribution in [0.15, 0.2) is 30.3 Å². The van der Waals surface area contributed by atoms with Gasteiger partial charge in [0, 0.05) is 19.5 Å². The highest BCUT2D eigenvalue weighted by Crippen LogP contribution is 2.22. The Morgan fingerprint density at radius 3 is 2.41 bits per heavy atom. The van der Waals surface area contributed by atoms with Crippen LogP contribution in [-0.2, 0) is 20.8 Å². The number of carbonyl (C=O) groups excluding carboxylic acids is 3. The number of hydrogen-bond acceptors (Lipinski definition) is 6. The van der Waals surface area contributed by atoms with E-state index in [4.69, 9.17) is 28.0 Å². The molecule has 11 nitrogen and oxygen atoms in total. The van der Waals surface area contributed by atoms with Crippen LogP contribution in [0.5, 0.6) is 0 Å². The Bertz CT molecular complexity index is 843. The third kappa shape index (κ3) is 8.81. The number of hydrogen-bond donors (Lipinski definition) is 6. The second kappa shape index (κ2) is 15.1. The molecule has 0 bridgehead atoms. The third-order valence-electron chi connectivity index (χ3n) is 5.38. The molecule has 2 amide bonds. The Balaban J connectivity index is 0.00000544. The Hall–Kier alpha value is -2.89. The van der Waals surface area contributed by atoms with Gasteiger partial charge in [-0.2, -0.15) is 0 Å². The van der Waals surface area contributed by atoms with E-state index in [0.717, 1.165) is 10.5 Å². The van der Waals surface area contributed by atoms with E-state index in [9.17, 15) is 14.4 Å². The maximum Gasteiger partial charge on any atom is 0.252 e. The van der Waals surface area contributed by atoms with Crippen LogP contribution in [0.1, 0.15) is 31.2 Å². The van der Waals surface area contributed by atoms with Crippen molar-refractivity contribution in [1.82, 2.24) is 15.1 Å². The third-order valence-corrected chi connectivity index (χ3v) is 5.38. The van der Waals surface area contributed by atoms with Gasteiger partial charge in [-0.05, 0) is 31.2 Å². The fourth-order valence-electron chi connectivity index (χ4n) is 3.81. The summed E-state index contributed by atoms with van der Waals surface area (Å²) in [7, 11) is 0. The predicted octanol–water partition coefficient (Wildman–Crippen LogP) is -0.0562. The summed E-state index contributed by atoms with van der Waals surface area (Å²) < 4.78 is 0. The van der Waals surface area contributed by atoms with Gasteiger partial charge < -0.3 is 32.2 Å². The maximum absolute atomic E-state index is 13.3.